The van der Waals surface area contributed by atoms with Crippen LogP contribution in [0.4, 0.5) is 0 Å². The van der Waals surface area contributed by atoms with Crippen LogP contribution in [-0.2, 0) is 31.9 Å². The molecule has 4 nitrogen and oxygen atoms in total. The van der Waals surface area contributed by atoms with E-state index in [1.54, 1.807) is 12.1 Å². The van der Waals surface area contributed by atoms with Crippen LogP contribution in [0.3, 0.4) is 0 Å². The van der Waals surface area contributed by atoms with Gasteiger partial charge in [0.15, 0.2) is 0 Å². The molecule has 0 bridgehead atoms. The van der Waals surface area contributed by atoms with E-state index < -0.39 is 26.5 Å². The molecule has 0 N–H and O–H groups in total. The van der Waals surface area contributed by atoms with Crippen LogP contribution in [0, 0.1) is 24.9 Å². The smallest absolute Gasteiger partial charge is 0 e. The SMILES string of the molecule is CC(C)c1ccc2c(c1)oc1c[c-]c(-c3nc4ccccc4n3-c3ccc(-c4ccccc4)cc3C(C)(C)C)cc12.[2H]C([2H])([2H])c1c[c-]c(-c2cc(C([2H])([2H])C(C)C)[c]([Ge]([CH3])([CH3])[CH3])cn2)cc1.[Ir]. The molecule has 0 aliphatic rings. The third-order valence-electron chi connectivity index (χ3n) is 11.3. The average molecular weight is 1070 g/mol. The van der Waals surface area contributed by atoms with Gasteiger partial charge in [0.25, 0.3) is 0 Å². The Balaban J connectivity index is 0.000000220. The van der Waals surface area contributed by atoms with Crippen molar-refractivity contribution in [3.05, 3.63) is 168 Å². The molecule has 0 atom stereocenters. The molecule has 63 heavy (non-hydrogen) atoms. The summed E-state index contributed by atoms with van der Waals surface area (Å²) in [6.07, 6.45) is 0.362. The molecule has 0 amide bonds. The van der Waals surface area contributed by atoms with E-state index in [1.807, 2.05) is 32.2 Å². The van der Waals surface area contributed by atoms with Gasteiger partial charge in [-0.2, -0.15) is 0 Å². The van der Waals surface area contributed by atoms with E-state index in [2.05, 4.69) is 171 Å². The zero-order valence-corrected chi connectivity index (χ0v) is 42.4. The second-order valence-electron chi connectivity index (χ2n) is 18.9. The number of furan rings is 1. The number of hydrogen-bond donors (Lipinski definition) is 0. The summed E-state index contributed by atoms with van der Waals surface area (Å²) in [4.78, 5) is 9.72. The summed E-state index contributed by atoms with van der Waals surface area (Å²) in [6.45, 7) is 12.9. The van der Waals surface area contributed by atoms with Crippen LogP contribution in [0.5, 0.6) is 0 Å². The Morgan fingerprint density at radius 2 is 1.51 bits per heavy atom. The number of imidazole rings is 1. The van der Waals surface area contributed by atoms with Crippen LogP contribution in [0.25, 0.3) is 72.4 Å². The van der Waals surface area contributed by atoms with E-state index in [0.29, 0.717) is 22.7 Å². The summed E-state index contributed by atoms with van der Waals surface area (Å²) in [7, 11) is 0. The van der Waals surface area contributed by atoms with Gasteiger partial charge in [0, 0.05) is 31.2 Å². The summed E-state index contributed by atoms with van der Waals surface area (Å²) in [6, 6.07) is 49.5. The fourth-order valence-corrected chi connectivity index (χ4v) is 11.0. The number of rotatable bonds is 8. The Kier molecular flexibility index (Phi) is 11.6. The molecule has 0 saturated heterocycles. The van der Waals surface area contributed by atoms with E-state index in [9.17, 15) is 0 Å². The van der Waals surface area contributed by atoms with Gasteiger partial charge in [-0.15, -0.1) is 23.8 Å². The maximum atomic E-state index is 8.60. The molecule has 9 rings (SSSR count). The Bertz CT molecular complexity index is 3230. The second kappa shape index (κ2) is 18.6. The van der Waals surface area contributed by atoms with Crippen molar-refractivity contribution in [3.63, 3.8) is 0 Å². The van der Waals surface area contributed by atoms with Gasteiger partial charge in [-0.3, -0.25) is 4.98 Å². The molecular formula is C57H59GeIrN3O-2. The summed E-state index contributed by atoms with van der Waals surface area (Å²) < 4.78 is 49.2. The van der Waals surface area contributed by atoms with E-state index >= 15 is 0 Å². The fraction of sp³-hybridized carbons (Fsp3) is 0.263. The van der Waals surface area contributed by atoms with E-state index in [-0.39, 0.29) is 37.0 Å². The average Bonchev–Trinajstić information content (AvgIpc) is 3.86. The molecule has 6 aromatic carbocycles. The standard InChI is InChI=1S/C38H33N2O.C19H26GeN.Ir/c1-24(2)26-15-18-29-30-21-28(17-20-35(30)41-36(29)23-26)37-39-32-13-9-10-14-34(32)40(37)33-19-16-27(22-31(33)38(3,4)5)25-11-7-6-8-12-25;1-14(2)11-17-12-19(16-9-7-15(3)8-10-16)21-13-18(17)20(4,5)6;/h6-16,18-24H,1-5H3;7-9,12-14H,11H2,1-6H3;/q2*-1;/i;3D3,11D2;. The van der Waals surface area contributed by atoms with E-state index in [0.717, 1.165) is 54.4 Å². The van der Waals surface area contributed by atoms with Gasteiger partial charge in [0.2, 0.25) is 0 Å². The minimum Gasteiger partial charge on any atom is 0 e. The number of hydrogen-bond acceptors (Lipinski definition) is 3. The first-order chi connectivity index (χ1) is 31.5. The van der Waals surface area contributed by atoms with Crippen LogP contribution >= 0.6 is 0 Å². The van der Waals surface area contributed by atoms with Gasteiger partial charge in [-0.1, -0.05) is 101 Å². The largest absolute Gasteiger partial charge is 0 e. The summed E-state index contributed by atoms with van der Waals surface area (Å²) in [5.74, 6) is 7.84. The molecule has 1 radical (unpaired) electrons. The first-order valence-electron chi connectivity index (χ1n) is 24.1. The van der Waals surface area contributed by atoms with Crippen LogP contribution in [0.1, 0.15) is 83.5 Å². The molecule has 3 heterocycles. The Morgan fingerprint density at radius 3 is 2.19 bits per heavy atom. The van der Waals surface area contributed by atoms with Gasteiger partial charge < -0.3 is 8.98 Å². The predicted octanol–water partition coefficient (Wildman–Crippen LogP) is 15.1. The van der Waals surface area contributed by atoms with Gasteiger partial charge in [0.1, 0.15) is 5.58 Å². The Hall–Kier alpha value is -5.07. The number of nitrogens with zero attached hydrogens (tertiary/aromatic N) is 3. The van der Waals surface area contributed by atoms with Crippen LogP contribution in [-0.4, -0.2) is 27.8 Å². The van der Waals surface area contributed by atoms with Gasteiger partial charge in [-0.25, -0.2) is 0 Å². The Morgan fingerprint density at radius 1 is 0.762 bits per heavy atom. The Labute approximate surface area is 398 Å². The minimum atomic E-state index is -2.32. The van der Waals surface area contributed by atoms with Crippen LogP contribution < -0.4 is 4.40 Å². The van der Waals surface area contributed by atoms with Crippen molar-refractivity contribution in [1.29, 1.82) is 0 Å². The fourth-order valence-electron chi connectivity index (χ4n) is 8.03. The van der Waals surface area contributed by atoms with Crippen molar-refractivity contribution < 1.29 is 31.4 Å². The molecule has 3 aromatic heterocycles. The monoisotopic (exact) mass is 1070 g/mol. The molecule has 323 valence electrons. The number of fused-ring (bicyclic) bond motifs is 4. The molecule has 0 unspecified atom stereocenters. The molecular weight excluding hydrogens is 1010 g/mol. The maximum Gasteiger partial charge on any atom is 0 e. The van der Waals surface area contributed by atoms with Crippen molar-refractivity contribution in [3.8, 4) is 39.5 Å². The third-order valence-corrected chi connectivity index (χ3v) is 15.5. The summed E-state index contributed by atoms with van der Waals surface area (Å²) in [5.41, 5.74) is 13.0. The quantitative estimate of drug-likeness (QED) is 0.112. The van der Waals surface area contributed by atoms with Crippen molar-refractivity contribution in [1.82, 2.24) is 14.5 Å². The van der Waals surface area contributed by atoms with Crippen LogP contribution in [0.15, 0.2) is 138 Å². The number of aromatic nitrogens is 3. The zero-order valence-electron chi connectivity index (χ0n) is 42.9. The number of para-hydroxylation sites is 2. The van der Waals surface area contributed by atoms with Crippen molar-refractivity contribution in [2.75, 3.05) is 0 Å². The first kappa shape index (κ1) is 39.5. The molecule has 0 saturated carbocycles. The summed E-state index contributed by atoms with van der Waals surface area (Å²) >= 11 is -2.32. The van der Waals surface area contributed by atoms with Gasteiger partial charge in [0.05, 0.1) is 22.4 Å². The molecule has 0 aliphatic carbocycles. The summed E-state index contributed by atoms with van der Waals surface area (Å²) in [5, 5.41) is 2.20. The number of pyridine rings is 1. The van der Waals surface area contributed by atoms with Gasteiger partial charge >= 0.3 is 139 Å². The number of aryl methyl sites for hydroxylation is 1. The van der Waals surface area contributed by atoms with E-state index in [4.69, 9.17) is 16.3 Å². The topological polar surface area (TPSA) is 43.9 Å². The van der Waals surface area contributed by atoms with Crippen molar-refractivity contribution in [2.24, 2.45) is 5.92 Å². The molecule has 0 aliphatic heterocycles. The first-order valence-corrected chi connectivity index (χ1v) is 29.0. The maximum absolute atomic E-state index is 8.60. The zero-order chi connectivity index (χ0) is 48.2. The minimum absolute atomic E-state index is 0. The van der Waals surface area contributed by atoms with Crippen molar-refractivity contribution >= 4 is 50.6 Å². The third kappa shape index (κ3) is 9.87. The predicted molar refractivity (Wildman–Crippen MR) is 266 cm³/mol. The molecule has 9 aromatic rings. The van der Waals surface area contributed by atoms with E-state index in [1.165, 1.54) is 28.3 Å². The molecule has 0 spiro atoms. The number of benzene rings is 6. The molecule has 0 fully saturated rings. The van der Waals surface area contributed by atoms with Crippen molar-refractivity contribution in [2.45, 2.75) is 90.3 Å². The van der Waals surface area contributed by atoms with Gasteiger partial charge in [-0.05, 0) is 63.9 Å². The van der Waals surface area contributed by atoms with Crippen LogP contribution in [0.2, 0.25) is 17.3 Å². The normalized spacial score (nSPS) is 13.6. The molecule has 6 heteroatoms. The second-order valence-corrected chi connectivity index (χ2v) is 29.5.